The number of rotatable bonds is 5. The van der Waals surface area contributed by atoms with E-state index in [0.29, 0.717) is 36.5 Å². The van der Waals surface area contributed by atoms with E-state index in [9.17, 15) is 19.1 Å². The number of carboxylic acids is 1. The van der Waals surface area contributed by atoms with E-state index in [4.69, 9.17) is 4.74 Å². The van der Waals surface area contributed by atoms with Crippen molar-refractivity contribution >= 4 is 22.8 Å². The Kier molecular flexibility index (Phi) is 4.78. The predicted molar refractivity (Wildman–Crippen MR) is 96.1 cm³/mol. The zero-order chi connectivity index (χ0) is 19.0. The summed E-state index contributed by atoms with van der Waals surface area (Å²) in [6.45, 7) is 0.909. The van der Waals surface area contributed by atoms with Gasteiger partial charge in [-0.05, 0) is 49.9 Å². The Morgan fingerprint density at radius 3 is 2.74 bits per heavy atom. The molecule has 7 heteroatoms. The fraction of sp³-hybridized carbons (Fsp3) is 0.450. The maximum atomic E-state index is 13.8. The van der Waals surface area contributed by atoms with E-state index in [0.717, 1.165) is 25.0 Å². The van der Waals surface area contributed by atoms with Crippen molar-refractivity contribution in [2.24, 2.45) is 5.92 Å². The average Bonchev–Trinajstić information content (AvgIpc) is 3.51. The molecular formula is C20H21FN2O4. The molecule has 2 atom stereocenters. The number of carbonyl (C=O) groups is 2. The van der Waals surface area contributed by atoms with Gasteiger partial charge in [0.2, 0.25) is 0 Å². The second-order valence-corrected chi connectivity index (χ2v) is 7.30. The number of benzene rings is 1. The highest BCUT2D eigenvalue weighted by Gasteiger charge is 2.33. The van der Waals surface area contributed by atoms with Crippen molar-refractivity contribution in [3.8, 4) is 0 Å². The van der Waals surface area contributed by atoms with Gasteiger partial charge < -0.3 is 15.2 Å². The molecule has 6 nitrogen and oxygen atoms in total. The summed E-state index contributed by atoms with van der Waals surface area (Å²) in [7, 11) is 0. The molecule has 2 heterocycles. The van der Waals surface area contributed by atoms with Crippen molar-refractivity contribution in [1.82, 2.24) is 10.3 Å². The predicted octanol–water partition coefficient (Wildman–Crippen LogP) is 2.86. The van der Waals surface area contributed by atoms with Crippen LogP contribution in [0.1, 0.15) is 47.7 Å². The van der Waals surface area contributed by atoms with E-state index in [1.54, 1.807) is 12.1 Å². The monoisotopic (exact) mass is 372 g/mol. The zero-order valence-electron chi connectivity index (χ0n) is 14.8. The van der Waals surface area contributed by atoms with Crippen LogP contribution in [0.15, 0.2) is 24.3 Å². The van der Waals surface area contributed by atoms with Gasteiger partial charge in [0.1, 0.15) is 11.9 Å². The van der Waals surface area contributed by atoms with Crippen molar-refractivity contribution < 1.29 is 23.8 Å². The first kappa shape index (κ1) is 17.9. The Morgan fingerprint density at radius 2 is 2.07 bits per heavy atom. The van der Waals surface area contributed by atoms with Gasteiger partial charge in [-0.25, -0.2) is 9.18 Å². The van der Waals surface area contributed by atoms with E-state index in [2.05, 4.69) is 10.3 Å². The lowest BCUT2D eigenvalue weighted by Crippen LogP contribution is -2.48. The van der Waals surface area contributed by atoms with Crippen molar-refractivity contribution in [3.05, 3.63) is 41.3 Å². The van der Waals surface area contributed by atoms with Crippen molar-refractivity contribution in [3.63, 3.8) is 0 Å². The first-order valence-electron chi connectivity index (χ1n) is 9.24. The number of carbonyl (C=O) groups excluding carboxylic acids is 1. The van der Waals surface area contributed by atoms with E-state index in [-0.39, 0.29) is 11.5 Å². The zero-order valence-corrected chi connectivity index (χ0v) is 14.8. The Hall–Kier alpha value is -2.54. The van der Waals surface area contributed by atoms with Gasteiger partial charge in [-0.15, -0.1) is 0 Å². The molecule has 1 saturated carbocycles. The van der Waals surface area contributed by atoms with Crippen molar-refractivity contribution in [1.29, 1.82) is 0 Å². The third kappa shape index (κ3) is 3.78. The molecule has 1 aromatic carbocycles. The lowest BCUT2D eigenvalue weighted by atomic mass is 9.93. The van der Waals surface area contributed by atoms with E-state index in [1.165, 1.54) is 12.1 Å². The van der Waals surface area contributed by atoms with Crippen LogP contribution in [0, 0.1) is 11.7 Å². The quantitative estimate of drug-likeness (QED) is 0.843. The van der Waals surface area contributed by atoms with E-state index >= 15 is 0 Å². The lowest BCUT2D eigenvalue weighted by Gasteiger charge is -2.28. The molecular weight excluding hydrogens is 351 g/mol. The van der Waals surface area contributed by atoms with Crippen LogP contribution in [-0.2, 0) is 9.53 Å². The van der Waals surface area contributed by atoms with E-state index in [1.807, 2.05) is 0 Å². The molecule has 2 unspecified atom stereocenters. The van der Waals surface area contributed by atoms with Crippen LogP contribution < -0.4 is 5.32 Å². The second kappa shape index (κ2) is 7.23. The number of fused-ring (bicyclic) bond motifs is 1. The smallest absolute Gasteiger partial charge is 0.326 e. The number of amides is 1. The van der Waals surface area contributed by atoms with Gasteiger partial charge in [-0.1, -0.05) is 0 Å². The number of hydrogen-bond acceptors (Lipinski definition) is 4. The van der Waals surface area contributed by atoms with Crippen LogP contribution in [0.2, 0.25) is 0 Å². The molecule has 0 radical (unpaired) electrons. The average molecular weight is 372 g/mol. The fourth-order valence-corrected chi connectivity index (χ4v) is 3.62. The topological polar surface area (TPSA) is 88.5 Å². The summed E-state index contributed by atoms with van der Waals surface area (Å²) < 4.78 is 19.1. The molecule has 1 amide bonds. The Bertz CT molecular complexity index is 891. The second-order valence-electron chi connectivity index (χ2n) is 7.30. The first-order valence-corrected chi connectivity index (χ1v) is 9.24. The van der Waals surface area contributed by atoms with Gasteiger partial charge in [0.05, 0.1) is 17.7 Å². The van der Waals surface area contributed by atoms with Crippen LogP contribution >= 0.6 is 0 Å². The molecule has 1 aliphatic heterocycles. The van der Waals surface area contributed by atoms with Crippen molar-refractivity contribution in [2.75, 3.05) is 13.2 Å². The van der Waals surface area contributed by atoms with Gasteiger partial charge >= 0.3 is 5.97 Å². The highest BCUT2D eigenvalue weighted by Crippen LogP contribution is 2.40. The third-order valence-corrected chi connectivity index (χ3v) is 5.25. The minimum Gasteiger partial charge on any atom is -0.480 e. The van der Waals surface area contributed by atoms with Crippen LogP contribution in [0.4, 0.5) is 4.39 Å². The molecule has 2 aliphatic rings. The molecule has 1 aliphatic carbocycles. The summed E-state index contributed by atoms with van der Waals surface area (Å²) in [4.78, 5) is 29.2. The number of ether oxygens (including phenoxy) is 1. The molecule has 4 rings (SSSR count). The molecule has 27 heavy (non-hydrogen) atoms. The number of halogens is 1. The van der Waals surface area contributed by atoms with Crippen LogP contribution in [0.25, 0.3) is 10.9 Å². The number of nitrogens with one attached hydrogen (secondary N) is 1. The molecule has 2 aromatic rings. The molecule has 2 fully saturated rings. The molecule has 0 spiro atoms. The number of aromatic nitrogens is 1. The standard InChI is InChI=1S/C20H21FN2O4/c21-13-5-6-16-14(8-13)15(9-17(22-16)11-3-4-11)19(24)23-18(20(25)26)12-2-1-7-27-10-12/h5-6,8-9,11-12,18H,1-4,7,10H2,(H,23,24)(H,25,26). The van der Waals surface area contributed by atoms with Crippen LogP contribution in [0.3, 0.4) is 0 Å². The Morgan fingerprint density at radius 1 is 1.26 bits per heavy atom. The summed E-state index contributed by atoms with van der Waals surface area (Å²) in [6, 6.07) is 4.77. The van der Waals surface area contributed by atoms with Gasteiger partial charge in [0.15, 0.2) is 0 Å². The first-order chi connectivity index (χ1) is 13.0. The highest BCUT2D eigenvalue weighted by molar-refractivity contribution is 6.07. The van der Waals surface area contributed by atoms with E-state index < -0.39 is 23.7 Å². The molecule has 2 N–H and O–H groups in total. The largest absolute Gasteiger partial charge is 0.480 e. The Balaban J connectivity index is 1.68. The highest BCUT2D eigenvalue weighted by atomic mass is 19.1. The normalized spacial score (nSPS) is 21.0. The van der Waals surface area contributed by atoms with Crippen LogP contribution in [0.5, 0.6) is 0 Å². The number of hydrogen-bond donors (Lipinski definition) is 2. The van der Waals surface area contributed by atoms with Gasteiger partial charge in [0, 0.05) is 29.5 Å². The summed E-state index contributed by atoms with van der Waals surface area (Å²) in [5.74, 6) is -2.05. The van der Waals surface area contributed by atoms with Gasteiger partial charge in [0.25, 0.3) is 5.91 Å². The minimum absolute atomic E-state index is 0.268. The number of pyridine rings is 1. The minimum atomic E-state index is -1.09. The van der Waals surface area contributed by atoms with Gasteiger partial charge in [-0.2, -0.15) is 0 Å². The fourth-order valence-electron chi connectivity index (χ4n) is 3.62. The third-order valence-electron chi connectivity index (χ3n) is 5.25. The lowest BCUT2D eigenvalue weighted by molar-refractivity contribution is -0.142. The van der Waals surface area contributed by atoms with Crippen molar-refractivity contribution in [2.45, 2.75) is 37.6 Å². The summed E-state index contributed by atoms with van der Waals surface area (Å²) >= 11 is 0. The molecule has 1 saturated heterocycles. The number of aliphatic carboxylic acids is 1. The SMILES string of the molecule is O=C(NC(C(=O)O)C1CCCOC1)c1cc(C2CC2)nc2ccc(F)cc12. The maximum Gasteiger partial charge on any atom is 0.326 e. The molecule has 0 bridgehead atoms. The number of nitrogens with zero attached hydrogens (tertiary/aromatic N) is 1. The molecule has 1 aromatic heterocycles. The summed E-state index contributed by atoms with van der Waals surface area (Å²) in [5, 5.41) is 12.6. The van der Waals surface area contributed by atoms with Gasteiger partial charge in [-0.3, -0.25) is 9.78 Å². The van der Waals surface area contributed by atoms with Crippen LogP contribution in [-0.4, -0.2) is 41.2 Å². The summed E-state index contributed by atoms with van der Waals surface area (Å²) in [6.07, 6.45) is 3.46. The number of carboxylic acid groups (broad SMARTS) is 1. The summed E-state index contributed by atoms with van der Waals surface area (Å²) in [5.41, 5.74) is 1.61. The Labute approximate surface area is 155 Å². The maximum absolute atomic E-state index is 13.8. The molecule has 142 valence electrons.